The number of anilines is 1. The number of rotatable bonds is 2. The molecule has 1 heterocycles. The van der Waals surface area contributed by atoms with Crippen LogP contribution in [0.3, 0.4) is 0 Å². The molecular formula is C9H13N3O4S2. The number of hydrogen-bond donors (Lipinski definition) is 3. The Labute approximate surface area is 105 Å². The van der Waals surface area contributed by atoms with Crippen LogP contribution in [-0.2, 0) is 26.5 Å². The van der Waals surface area contributed by atoms with Gasteiger partial charge in [0.15, 0.2) is 0 Å². The highest BCUT2D eigenvalue weighted by Gasteiger charge is 2.23. The van der Waals surface area contributed by atoms with Crippen molar-refractivity contribution in [2.24, 2.45) is 10.3 Å². The smallest absolute Gasteiger partial charge is 0.238 e. The molecule has 0 saturated heterocycles. The molecule has 0 aromatic heterocycles. The van der Waals surface area contributed by atoms with Crippen LogP contribution in [0.15, 0.2) is 21.9 Å². The molecule has 18 heavy (non-hydrogen) atoms. The van der Waals surface area contributed by atoms with E-state index in [1.165, 1.54) is 6.07 Å². The van der Waals surface area contributed by atoms with Gasteiger partial charge in [-0.2, -0.15) is 0 Å². The zero-order chi connectivity index (χ0) is 13.6. The van der Waals surface area contributed by atoms with E-state index in [-0.39, 0.29) is 9.79 Å². The van der Waals surface area contributed by atoms with E-state index in [0.717, 1.165) is 12.5 Å². The van der Waals surface area contributed by atoms with E-state index in [0.29, 0.717) is 24.2 Å². The van der Waals surface area contributed by atoms with E-state index >= 15 is 0 Å². The van der Waals surface area contributed by atoms with Crippen LogP contribution < -0.4 is 15.6 Å². The van der Waals surface area contributed by atoms with Crippen LogP contribution in [0.5, 0.6) is 0 Å². The molecule has 0 radical (unpaired) electrons. The van der Waals surface area contributed by atoms with Crippen molar-refractivity contribution < 1.29 is 16.8 Å². The summed E-state index contributed by atoms with van der Waals surface area (Å²) in [7, 11) is -7.97. The lowest BCUT2D eigenvalue weighted by molar-refractivity contribution is 0.594. The zero-order valence-electron chi connectivity index (χ0n) is 9.38. The van der Waals surface area contributed by atoms with Crippen molar-refractivity contribution in [3.8, 4) is 0 Å². The fraction of sp³-hybridized carbons (Fsp3) is 0.333. The maximum Gasteiger partial charge on any atom is 0.238 e. The molecule has 0 bridgehead atoms. The third kappa shape index (κ3) is 2.48. The van der Waals surface area contributed by atoms with Crippen LogP contribution in [0.25, 0.3) is 0 Å². The first-order valence-electron chi connectivity index (χ1n) is 5.16. The van der Waals surface area contributed by atoms with Gasteiger partial charge < -0.3 is 5.32 Å². The summed E-state index contributed by atoms with van der Waals surface area (Å²) in [6.45, 7) is 0.644. The van der Waals surface area contributed by atoms with Crippen LogP contribution in [0, 0.1) is 0 Å². The number of nitrogens with one attached hydrogen (secondary N) is 1. The van der Waals surface area contributed by atoms with Crippen LogP contribution in [0.2, 0.25) is 0 Å². The van der Waals surface area contributed by atoms with Crippen molar-refractivity contribution >= 4 is 25.7 Å². The third-order valence-electron chi connectivity index (χ3n) is 2.74. The summed E-state index contributed by atoms with van der Waals surface area (Å²) in [6.07, 6.45) is 1.28. The summed E-state index contributed by atoms with van der Waals surface area (Å²) in [5.41, 5.74) is 0.966. The van der Waals surface area contributed by atoms with Gasteiger partial charge in [-0.25, -0.2) is 27.1 Å². The van der Waals surface area contributed by atoms with Gasteiger partial charge in [-0.15, -0.1) is 0 Å². The molecule has 1 aromatic rings. The molecule has 5 N–H and O–H groups in total. The molecule has 100 valence electrons. The summed E-state index contributed by atoms with van der Waals surface area (Å²) in [5.74, 6) is 0. The molecule has 7 nitrogen and oxygen atoms in total. The molecule has 1 aromatic carbocycles. The standard InChI is InChI=1S/C9H13N3O4S2/c10-17(13,14)6-4-8-7(2-1-3-12-8)9(5-6)18(11,15)16/h4-5,12H,1-3H2,(H2,10,13,14)(H2,11,15,16). The molecule has 0 saturated carbocycles. The van der Waals surface area contributed by atoms with Gasteiger partial charge in [-0.3, -0.25) is 0 Å². The Hall–Kier alpha value is -1.16. The topological polar surface area (TPSA) is 132 Å². The Morgan fingerprint density at radius 3 is 2.28 bits per heavy atom. The SMILES string of the molecule is NS(=O)(=O)c1cc2c(c(S(N)(=O)=O)c1)CCCN2. The van der Waals surface area contributed by atoms with E-state index in [2.05, 4.69) is 5.32 Å². The second-order valence-electron chi connectivity index (χ2n) is 4.07. The van der Waals surface area contributed by atoms with Gasteiger partial charge in [0.25, 0.3) is 0 Å². The minimum Gasteiger partial charge on any atom is -0.385 e. The first-order chi connectivity index (χ1) is 8.19. The van der Waals surface area contributed by atoms with Crippen LogP contribution in [-0.4, -0.2) is 23.4 Å². The Morgan fingerprint density at radius 1 is 1.06 bits per heavy atom. The predicted octanol–water partition coefficient (Wildman–Crippen LogP) is -0.660. The number of nitrogens with two attached hydrogens (primary N) is 2. The fourth-order valence-electron chi connectivity index (χ4n) is 1.94. The monoisotopic (exact) mass is 291 g/mol. The number of primary sulfonamides is 2. The fourth-order valence-corrected chi connectivity index (χ4v) is 3.43. The summed E-state index contributed by atoms with van der Waals surface area (Å²) >= 11 is 0. The minimum absolute atomic E-state index is 0.184. The first kappa shape index (κ1) is 13.3. The van der Waals surface area contributed by atoms with Crippen molar-refractivity contribution in [1.29, 1.82) is 0 Å². The van der Waals surface area contributed by atoms with Crippen molar-refractivity contribution in [3.63, 3.8) is 0 Å². The Kier molecular flexibility index (Phi) is 3.09. The van der Waals surface area contributed by atoms with Crippen molar-refractivity contribution in [2.75, 3.05) is 11.9 Å². The van der Waals surface area contributed by atoms with Crippen LogP contribution >= 0.6 is 0 Å². The zero-order valence-corrected chi connectivity index (χ0v) is 11.0. The lowest BCUT2D eigenvalue weighted by atomic mass is 10.0. The lowest BCUT2D eigenvalue weighted by Crippen LogP contribution is -2.22. The van der Waals surface area contributed by atoms with Gasteiger partial charge >= 0.3 is 0 Å². The number of fused-ring (bicyclic) bond motifs is 1. The molecule has 0 fully saturated rings. The van der Waals surface area contributed by atoms with E-state index in [1.54, 1.807) is 0 Å². The highest BCUT2D eigenvalue weighted by molar-refractivity contribution is 7.90. The van der Waals surface area contributed by atoms with Gasteiger partial charge in [-0.1, -0.05) is 0 Å². The Morgan fingerprint density at radius 2 is 1.72 bits per heavy atom. The second-order valence-corrected chi connectivity index (χ2v) is 7.16. The maximum atomic E-state index is 11.5. The molecule has 0 unspecified atom stereocenters. The number of hydrogen-bond acceptors (Lipinski definition) is 5. The van der Waals surface area contributed by atoms with E-state index in [1.807, 2.05) is 0 Å². The third-order valence-corrected chi connectivity index (χ3v) is 4.61. The average molecular weight is 291 g/mol. The molecule has 2 rings (SSSR count). The van der Waals surface area contributed by atoms with E-state index in [4.69, 9.17) is 10.3 Å². The molecular weight excluding hydrogens is 278 g/mol. The Bertz CT molecular complexity index is 695. The van der Waals surface area contributed by atoms with Crippen molar-refractivity contribution in [3.05, 3.63) is 17.7 Å². The second kappa shape index (κ2) is 4.19. The molecule has 1 aliphatic heterocycles. The normalized spacial score (nSPS) is 15.9. The maximum absolute atomic E-state index is 11.5. The summed E-state index contributed by atoms with van der Waals surface area (Å²) < 4.78 is 45.6. The van der Waals surface area contributed by atoms with Crippen molar-refractivity contribution in [2.45, 2.75) is 22.6 Å². The molecule has 0 amide bonds. The minimum atomic E-state index is -3.99. The summed E-state index contributed by atoms with van der Waals surface area (Å²) in [4.78, 5) is -0.448. The van der Waals surface area contributed by atoms with Crippen LogP contribution in [0.1, 0.15) is 12.0 Å². The molecule has 1 aliphatic rings. The largest absolute Gasteiger partial charge is 0.385 e. The van der Waals surface area contributed by atoms with Gasteiger partial charge in [0, 0.05) is 12.2 Å². The van der Waals surface area contributed by atoms with Gasteiger partial charge in [0.05, 0.1) is 9.79 Å². The average Bonchev–Trinajstić information content (AvgIpc) is 2.25. The quantitative estimate of drug-likeness (QED) is 0.665. The van der Waals surface area contributed by atoms with Gasteiger partial charge in [-0.05, 0) is 30.5 Å². The number of benzene rings is 1. The number of sulfonamides is 2. The molecule has 0 aliphatic carbocycles. The highest BCUT2D eigenvalue weighted by atomic mass is 32.2. The molecule has 9 heteroatoms. The molecule has 0 spiro atoms. The van der Waals surface area contributed by atoms with Gasteiger partial charge in [0.2, 0.25) is 20.0 Å². The van der Waals surface area contributed by atoms with Crippen LogP contribution in [0.4, 0.5) is 5.69 Å². The van der Waals surface area contributed by atoms with Gasteiger partial charge in [0.1, 0.15) is 0 Å². The first-order valence-corrected chi connectivity index (χ1v) is 8.25. The summed E-state index contributed by atoms with van der Waals surface area (Å²) in [6, 6.07) is 2.34. The Balaban J connectivity index is 2.79. The van der Waals surface area contributed by atoms with Crippen molar-refractivity contribution in [1.82, 2.24) is 0 Å². The van der Waals surface area contributed by atoms with E-state index in [9.17, 15) is 16.8 Å². The summed E-state index contributed by atoms with van der Waals surface area (Å²) in [5, 5.41) is 13.1. The lowest BCUT2D eigenvalue weighted by Gasteiger charge is -2.21. The predicted molar refractivity (Wildman–Crippen MR) is 66.0 cm³/mol. The van der Waals surface area contributed by atoms with E-state index < -0.39 is 20.0 Å². The highest BCUT2D eigenvalue weighted by Crippen LogP contribution is 2.30. The molecule has 0 atom stereocenters.